The average Bonchev–Trinajstić information content (AvgIpc) is 3.11. The molecule has 2 fully saturated rings. The van der Waals surface area contributed by atoms with Gasteiger partial charge in [0, 0.05) is 31.6 Å². The van der Waals surface area contributed by atoms with Gasteiger partial charge in [-0.2, -0.15) is 18.3 Å². The number of nitrogens with zero attached hydrogens (tertiary/aromatic N) is 4. The van der Waals surface area contributed by atoms with Gasteiger partial charge >= 0.3 is 12.1 Å². The fourth-order valence-corrected chi connectivity index (χ4v) is 4.31. The monoisotopic (exact) mass is 454 g/mol. The molecule has 10 heteroatoms. The Kier molecular flexibility index (Phi) is 7.33. The lowest BCUT2D eigenvalue weighted by molar-refractivity contribution is -0.192. The van der Waals surface area contributed by atoms with Crippen molar-refractivity contribution in [1.82, 2.24) is 15.1 Å². The summed E-state index contributed by atoms with van der Waals surface area (Å²) in [5, 5.41) is 15.7. The lowest BCUT2D eigenvalue weighted by Crippen LogP contribution is -2.45. The molecule has 0 amide bonds. The van der Waals surface area contributed by atoms with E-state index in [2.05, 4.69) is 26.1 Å². The number of carbonyl (C=O) groups is 1. The van der Waals surface area contributed by atoms with Crippen molar-refractivity contribution in [3.63, 3.8) is 0 Å². The molecule has 4 rings (SSSR count). The quantitative estimate of drug-likeness (QED) is 0.706. The summed E-state index contributed by atoms with van der Waals surface area (Å²) in [7, 11) is 0. The van der Waals surface area contributed by atoms with Crippen LogP contribution in [0.3, 0.4) is 0 Å². The van der Waals surface area contributed by atoms with Gasteiger partial charge in [0.2, 0.25) is 0 Å². The number of carboxylic acid groups (broad SMARTS) is 1. The number of anilines is 1. The van der Waals surface area contributed by atoms with Crippen LogP contribution in [0.25, 0.3) is 0 Å². The molecule has 2 aliphatic rings. The Morgan fingerprint density at radius 2 is 1.75 bits per heavy atom. The van der Waals surface area contributed by atoms with E-state index in [-0.39, 0.29) is 5.82 Å². The topological polar surface area (TPSA) is 69.6 Å². The molecule has 1 unspecified atom stereocenters. The highest BCUT2D eigenvalue weighted by molar-refractivity contribution is 5.73. The summed E-state index contributed by atoms with van der Waals surface area (Å²) < 4.78 is 44.8. The Hall–Kier alpha value is -2.75. The molecule has 0 aliphatic carbocycles. The summed E-state index contributed by atoms with van der Waals surface area (Å²) in [6.45, 7) is 7.23. The van der Waals surface area contributed by atoms with Crippen LogP contribution in [0.1, 0.15) is 30.5 Å². The Balaban J connectivity index is 0.000000360. The zero-order chi connectivity index (χ0) is 23.4. The van der Waals surface area contributed by atoms with Crippen molar-refractivity contribution < 1.29 is 27.5 Å². The summed E-state index contributed by atoms with van der Waals surface area (Å²) in [5.41, 5.74) is 2.50. The van der Waals surface area contributed by atoms with Gasteiger partial charge in [-0.1, -0.05) is 12.1 Å². The van der Waals surface area contributed by atoms with Gasteiger partial charge < -0.3 is 10.0 Å². The minimum Gasteiger partial charge on any atom is -0.475 e. The fraction of sp³-hybridized carbons (Fsp3) is 0.500. The predicted octanol–water partition coefficient (Wildman–Crippen LogP) is 4.05. The number of benzene rings is 1. The van der Waals surface area contributed by atoms with Crippen LogP contribution in [0.15, 0.2) is 36.4 Å². The Labute approximate surface area is 183 Å². The van der Waals surface area contributed by atoms with Crippen LogP contribution < -0.4 is 4.90 Å². The third-order valence-electron chi connectivity index (χ3n) is 5.85. The van der Waals surface area contributed by atoms with Gasteiger partial charge in [0.05, 0.1) is 5.69 Å². The van der Waals surface area contributed by atoms with Crippen molar-refractivity contribution in [1.29, 1.82) is 0 Å². The Morgan fingerprint density at radius 1 is 1.06 bits per heavy atom. The van der Waals surface area contributed by atoms with E-state index in [1.165, 1.54) is 24.8 Å². The summed E-state index contributed by atoms with van der Waals surface area (Å²) in [4.78, 5) is 13.8. The average molecular weight is 454 g/mol. The number of piperidine rings is 1. The number of halogens is 4. The highest BCUT2D eigenvalue weighted by Gasteiger charge is 2.41. The number of aliphatic carboxylic acids is 1. The summed E-state index contributed by atoms with van der Waals surface area (Å²) >= 11 is 0. The first-order valence-corrected chi connectivity index (χ1v) is 10.4. The van der Waals surface area contributed by atoms with E-state index >= 15 is 0 Å². The predicted molar refractivity (Wildman–Crippen MR) is 111 cm³/mol. The number of aryl methyl sites for hydroxylation is 1. The molecule has 2 aliphatic heterocycles. The summed E-state index contributed by atoms with van der Waals surface area (Å²) in [5.74, 6) is -1.92. The lowest BCUT2D eigenvalue weighted by Gasteiger charge is -2.41. The van der Waals surface area contributed by atoms with Crippen LogP contribution in [-0.4, -0.2) is 58.5 Å². The van der Waals surface area contributed by atoms with Crippen molar-refractivity contribution >= 4 is 11.8 Å². The number of rotatable bonds is 3. The first-order chi connectivity index (χ1) is 15.1. The molecule has 6 nitrogen and oxygen atoms in total. The maximum Gasteiger partial charge on any atom is 0.490 e. The maximum atomic E-state index is 13.1. The van der Waals surface area contributed by atoms with Gasteiger partial charge in [0.15, 0.2) is 5.82 Å². The Bertz CT molecular complexity index is 906. The molecule has 174 valence electrons. The molecule has 3 heterocycles. The van der Waals surface area contributed by atoms with Crippen molar-refractivity contribution in [2.24, 2.45) is 5.41 Å². The van der Waals surface area contributed by atoms with Crippen molar-refractivity contribution in [3.05, 3.63) is 53.5 Å². The van der Waals surface area contributed by atoms with Crippen LogP contribution >= 0.6 is 0 Å². The summed E-state index contributed by atoms with van der Waals surface area (Å²) in [6.07, 6.45) is -1.37. The molecule has 0 bridgehead atoms. The molecule has 32 heavy (non-hydrogen) atoms. The minimum absolute atomic E-state index is 0.163. The number of likely N-dealkylation sites (tertiary alicyclic amines) is 1. The van der Waals surface area contributed by atoms with E-state index < -0.39 is 12.1 Å². The van der Waals surface area contributed by atoms with E-state index in [0.717, 1.165) is 44.2 Å². The highest BCUT2D eigenvalue weighted by Crippen LogP contribution is 2.40. The van der Waals surface area contributed by atoms with Gasteiger partial charge in [0.25, 0.3) is 0 Å². The molecule has 2 aromatic rings. The van der Waals surface area contributed by atoms with Crippen LogP contribution in [0.2, 0.25) is 0 Å². The largest absolute Gasteiger partial charge is 0.490 e. The highest BCUT2D eigenvalue weighted by atomic mass is 19.4. The van der Waals surface area contributed by atoms with Gasteiger partial charge in [-0.3, -0.25) is 4.90 Å². The number of hydrogen-bond donors (Lipinski definition) is 1. The van der Waals surface area contributed by atoms with Crippen molar-refractivity contribution in [3.8, 4) is 0 Å². The maximum absolute atomic E-state index is 13.1. The van der Waals surface area contributed by atoms with E-state index in [4.69, 9.17) is 9.90 Å². The minimum atomic E-state index is -5.08. The second kappa shape index (κ2) is 9.81. The van der Waals surface area contributed by atoms with Gasteiger partial charge in [-0.25, -0.2) is 9.18 Å². The molecule has 2 saturated heterocycles. The SMILES string of the molecule is Cc1ccc(N2CCCC3(CCN(Cc4ccc(F)cc4)C3)C2)nn1.O=C(O)C(F)(F)F. The lowest BCUT2D eigenvalue weighted by atomic mass is 9.79. The molecule has 0 saturated carbocycles. The van der Waals surface area contributed by atoms with Gasteiger partial charge in [-0.05, 0) is 62.6 Å². The molecule has 1 N–H and O–H groups in total. The van der Waals surface area contributed by atoms with Crippen LogP contribution in [0.5, 0.6) is 0 Å². The molecule has 1 atom stereocenters. The first kappa shape index (κ1) is 23.9. The summed E-state index contributed by atoms with van der Waals surface area (Å²) in [6, 6.07) is 11.0. The third-order valence-corrected chi connectivity index (χ3v) is 5.85. The normalized spacial score (nSPS) is 21.3. The van der Waals surface area contributed by atoms with E-state index in [1.807, 2.05) is 25.1 Å². The zero-order valence-corrected chi connectivity index (χ0v) is 17.8. The van der Waals surface area contributed by atoms with Gasteiger partial charge in [-0.15, -0.1) is 5.10 Å². The zero-order valence-electron chi connectivity index (χ0n) is 17.8. The van der Waals surface area contributed by atoms with Crippen LogP contribution in [-0.2, 0) is 11.3 Å². The van der Waals surface area contributed by atoms with Crippen molar-refractivity contribution in [2.75, 3.05) is 31.1 Å². The molecule has 1 spiro atoms. The number of aromatic nitrogens is 2. The smallest absolute Gasteiger partial charge is 0.475 e. The van der Waals surface area contributed by atoms with Crippen molar-refractivity contribution in [2.45, 2.75) is 38.9 Å². The van der Waals surface area contributed by atoms with Gasteiger partial charge in [0.1, 0.15) is 5.82 Å². The fourth-order valence-electron chi connectivity index (χ4n) is 4.31. The number of alkyl halides is 3. The number of carboxylic acids is 1. The molecule has 0 radical (unpaired) electrons. The molecular formula is C22H26F4N4O2. The van der Waals surface area contributed by atoms with E-state index in [9.17, 15) is 17.6 Å². The van der Waals surface area contributed by atoms with E-state index in [1.54, 1.807) is 12.1 Å². The third kappa shape index (κ3) is 6.38. The molecule has 1 aromatic carbocycles. The standard InChI is InChI=1S/C20H25FN4.C2HF3O2/c1-16-3-8-19(23-22-16)25-11-2-9-20(15-25)10-12-24(14-20)13-17-4-6-18(21)7-5-17;3-2(4,5)1(6)7/h3-8H,2,9-15H2,1H3;(H,6,7). The molecular weight excluding hydrogens is 428 g/mol. The van der Waals surface area contributed by atoms with Crippen LogP contribution in [0, 0.1) is 18.2 Å². The van der Waals surface area contributed by atoms with Crippen LogP contribution in [0.4, 0.5) is 23.4 Å². The second-order valence-corrected chi connectivity index (χ2v) is 8.45. The Morgan fingerprint density at radius 3 is 2.34 bits per heavy atom. The first-order valence-electron chi connectivity index (χ1n) is 10.4. The van der Waals surface area contributed by atoms with E-state index in [0.29, 0.717) is 5.41 Å². The number of hydrogen-bond acceptors (Lipinski definition) is 5. The second-order valence-electron chi connectivity index (χ2n) is 8.45. The molecule has 1 aromatic heterocycles.